The van der Waals surface area contributed by atoms with E-state index in [1.165, 1.54) is 24.4 Å². The number of rotatable bonds is 2. The topological polar surface area (TPSA) is 48.1 Å². The van der Waals surface area contributed by atoms with Gasteiger partial charge in [0.1, 0.15) is 5.75 Å². The minimum Gasteiger partial charge on any atom is -0.405 e. The van der Waals surface area contributed by atoms with Gasteiger partial charge in [-0.1, -0.05) is 27.3 Å². The third kappa shape index (κ3) is 3.14. The van der Waals surface area contributed by atoms with E-state index in [2.05, 4.69) is 25.7 Å². The van der Waals surface area contributed by atoms with Gasteiger partial charge in [-0.2, -0.15) is 0 Å². The van der Waals surface area contributed by atoms with Gasteiger partial charge in [-0.05, 0) is 18.2 Å². The zero-order valence-electron chi connectivity index (χ0n) is 8.66. The molecule has 0 aliphatic rings. The first kappa shape index (κ1) is 13.2. The Balaban J connectivity index is 2.47. The van der Waals surface area contributed by atoms with Gasteiger partial charge in [0, 0.05) is 16.2 Å². The Morgan fingerprint density at radius 1 is 1.33 bits per heavy atom. The molecule has 2 aromatic rings. The summed E-state index contributed by atoms with van der Waals surface area (Å²) in [6.07, 6.45) is -3.33. The molecule has 1 aromatic carbocycles. The number of thiazole rings is 1. The van der Waals surface area contributed by atoms with Gasteiger partial charge < -0.3 is 10.5 Å². The highest BCUT2D eigenvalue weighted by molar-refractivity contribution is 9.10. The summed E-state index contributed by atoms with van der Waals surface area (Å²) >= 11 is 4.28. The van der Waals surface area contributed by atoms with Crippen LogP contribution in [0.15, 0.2) is 28.9 Å². The zero-order chi connectivity index (χ0) is 13.3. The van der Waals surface area contributed by atoms with Crippen molar-refractivity contribution < 1.29 is 17.9 Å². The fourth-order valence-corrected chi connectivity index (χ4v) is 2.39. The Morgan fingerprint density at radius 2 is 2.06 bits per heavy atom. The standard InChI is InChI=1S/C10H6BrF3N2OS/c11-5-1-2-7(17-10(12,13)14)6(3-5)8-4-16-9(15)18-8/h1-4H,(H2,15,16). The van der Waals surface area contributed by atoms with Crippen LogP contribution in [0.3, 0.4) is 0 Å². The van der Waals surface area contributed by atoms with E-state index in [4.69, 9.17) is 5.73 Å². The minimum absolute atomic E-state index is 0.280. The fraction of sp³-hybridized carbons (Fsp3) is 0.100. The molecule has 0 aliphatic heterocycles. The van der Waals surface area contributed by atoms with Crippen LogP contribution in [0.25, 0.3) is 10.4 Å². The molecule has 0 fully saturated rings. The van der Waals surface area contributed by atoms with Crippen LogP contribution >= 0.6 is 27.3 Å². The van der Waals surface area contributed by atoms with Gasteiger partial charge in [0.25, 0.3) is 0 Å². The summed E-state index contributed by atoms with van der Waals surface area (Å²) in [5, 5.41) is 0.280. The number of halogens is 4. The Hall–Kier alpha value is -1.28. The van der Waals surface area contributed by atoms with Crippen molar-refractivity contribution >= 4 is 32.4 Å². The summed E-state index contributed by atoms with van der Waals surface area (Å²) in [6.45, 7) is 0. The highest BCUT2D eigenvalue weighted by atomic mass is 79.9. The molecule has 0 unspecified atom stereocenters. The third-order valence-corrected chi connectivity index (χ3v) is 3.31. The molecule has 0 aliphatic carbocycles. The van der Waals surface area contributed by atoms with Gasteiger partial charge in [0.05, 0.1) is 4.88 Å². The molecule has 2 rings (SSSR count). The maximum Gasteiger partial charge on any atom is 0.573 e. The van der Waals surface area contributed by atoms with Crippen LogP contribution in [0.1, 0.15) is 0 Å². The lowest BCUT2D eigenvalue weighted by molar-refractivity contribution is -0.274. The lowest BCUT2D eigenvalue weighted by Gasteiger charge is -2.12. The summed E-state index contributed by atoms with van der Waals surface area (Å²) in [4.78, 5) is 4.31. The van der Waals surface area contributed by atoms with Gasteiger partial charge in [-0.3, -0.25) is 0 Å². The van der Waals surface area contributed by atoms with E-state index in [1.807, 2.05) is 0 Å². The summed E-state index contributed by atoms with van der Waals surface area (Å²) in [5.74, 6) is -0.283. The average molecular weight is 339 g/mol. The number of nitrogen functional groups attached to an aromatic ring is 1. The lowest BCUT2D eigenvalue weighted by atomic mass is 10.2. The van der Waals surface area contributed by atoms with Gasteiger partial charge in [-0.25, -0.2) is 4.98 Å². The number of alkyl halides is 3. The number of benzene rings is 1. The first-order valence-corrected chi connectivity index (χ1v) is 6.23. The van der Waals surface area contributed by atoms with Gasteiger partial charge in [0.2, 0.25) is 0 Å². The normalized spacial score (nSPS) is 11.6. The van der Waals surface area contributed by atoms with Crippen LogP contribution in [0.5, 0.6) is 5.75 Å². The summed E-state index contributed by atoms with van der Waals surface area (Å²) in [6, 6.07) is 4.23. The predicted octanol–water partition coefficient (Wildman–Crippen LogP) is 4.05. The summed E-state index contributed by atoms with van der Waals surface area (Å²) in [7, 11) is 0. The van der Waals surface area contributed by atoms with Crippen LogP contribution in [0.4, 0.5) is 18.3 Å². The zero-order valence-corrected chi connectivity index (χ0v) is 11.1. The molecule has 0 atom stereocenters. The number of hydrogen-bond acceptors (Lipinski definition) is 4. The average Bonchev–Trinajstić information content (AvgIpc) is 2.65. The van der Waals surface area contributed by atoms with Crippen molar-refractivity contribution in [3.8, 4) is 16.2 Å². The van der Waals surface area contributed by atoms with Crippen LogP contribution in [0, 0.1) is 0 Å². The van der Waals surface area contributed by atoms with Crippen LogP contribution in [-0.4, -0.2) is 11.3 Å². The molecule has 2 N–H and O–H groups in total. The largest absolute Gasteiger partial charge is 0.573 e. The Morgan fingerprint density at radius 3 is 2.61 bits per heavy atom. The highest BCUT2D eigenvalue weighted by Crippen LogP contribution is 2.38. The minimum atomic E-state index is -4.74. The Kier molecular flexibility index (Phi) is 3.49. The summed E-state index contributed by atoms with van der Waals surface area (Å²) < 4.78 is 41.4. The second-order valence-electron chi connectivity index (χ2n) is 3.25. The molecule has 0 spiro atoms. The number of nitrogens with zero attached hydrogens (tertiary/aromatic N) is 1. The molecule has 1 aromatic heterocycles. The number of anilines is 1. The van der Waals surface area contributed by atoms with E-state index in [1.54, 1.807) is 0 Å². The smallest absolute Gasteiger partial charge is 0.405 e. The molecule has 3 nitrogen and oxygen atoms in total. The third-order valence-electron chi connectivity index (χ3n) is 1.96. The molecule has 96 valence electrons. The van der Waals surface area contributed by atoms with E-state index < -0.39 is 6.36 Å². The maximum atomic E-state index is 12.3. The molecular weight excluding hydrogens is 333 g/mol. The van der Waals surface area contributed by atoms with E-state index in [0.717, 1.165) is 11.3 Å². The molecule has 0 amide bonds. The first-order chi connectivity index (χ1) is 8.35. The number of nitrogens with two attached hydrogens (primary N) is 1. The van der Waals surface area contributed by atoms with Gasteiger partial charge in [0.15, 0.2) is 5.13 Å². The Bertz CT molecular complexity index is 570. The molecule has 0 radical (unpaired) electrons. The van der Waals surface area contributed by atoms with Crippen molar-refractivity contribution in [2.75, 3.05) is 5.73 Å². The summed E-state index contributed by atoms with van der Waals surface area (Å²) in [5.41, 5.74) is 5.75. The molecule has 18 heavy (non-hydrogen) atoms. The van der Waals surface area contributed by atoms with Crippen LogP contribution < -0.4 is 10.5 Å². The molecule has 0 bridgehead atoms. The van der Waals surface area contributed by atoms with E-state index in [-0.39, 0.29) is 16.4 Å². The van der Waals surface area contributed by atoms with Crippen LogP contribution in [-0.2, 0) is 0 Å². The quantitative estimate of drug-likeness (QED) is 0.898. The van der Waals surface area contributed by atoms with Crippen molar-refractivity contribution in [3.05, 3.63) is 28.9 Å². The number of hydrogen-bond donors (Lipinski definition) is 1. The van der Waals surface area contributed by atoms with Crippen molar-refractivity contribution in [2.24, 2.45) is 0 Å². The number of aromatic nitrogens is 1. The second kappa shape index (κ2) is 4.77. The molecule has 1 heterocycles. The van der Waals surface area contributed by atoms with E-state index in [0.29, 0.717) is 9.35 Å². The molecular formula is C10H6BrF3N2OS. The molecule has 8 heteroatoms. The van der Waals surface area contributed by atoms with Crippen molar-refractivity contribution in [3.63, 3.8) is 0 Å². The van der Waals surface area contributed by atoms with Gasteiger partial charge >= 0.3 is 6.36 Å². The lowest BCUT2D eigenvalue weighted by Crippen LogP contribution is -2.17. The molecule has 0 saturated heterocycles. The highest BCUT2D eigenvalue weighted by Gasteiger charge is 2.32. The Labute approximate surface area is 113 Å². The monoisotopic (exact) mass is 338 g/mol. The predicted molar refractivity (Wildman–Crippen MR) is 66.3 cm³/mol. The maximum absolute atomic E-state index is 12.3. The van der Waals surface area contributed by atoms with Crippen LogP contribution in [0.2, 0.25) is 0 Å². The fourth-order valence-electron chi connectivity index (χ4n) is 1.32. The SMILES string of the molecule is Nc1ncc(-c2cc(Br)ccc2OC(F)(F)F)s1. The van der Waals surface area contributed by atoms with E-state index >= 15 is 0 Å². The number of ether oxygens (including phenoxy) is 1. The van der Waals surface area contributed by atoms with Crippen molar-refractivity contribution in [1.82, 2.24) is 4.98 Å². The van der Waals surface area contributed by atoms with Crippen molar-refractivity contribution in [1.29, 1.82) is 0 Å². The molecule has 0 saturated carbocycles. The van der Waals surface area contributed by atoms with E-state index in [9.17, 15) is 13.2 Å². The first-order valence-electron chi connectivity index (χ1n) is 4.62. The van der Waals surface area contributed by atoms with Crippen molar-refractivity contribution in [2.45, 2.75) is 6.36 Å². The van der Waals surface area contributed by atoms with Gasteiger partial charge in [-0.15, -0.1) is 13.2 Å². The second-order valence-corrected chi connectivity index (χ2v) is 5.23.